The van der Waals surface area contributed by atoms with Crippen molar-refractivity contribution in [2.24, 2.45) is 5.92 Å². The van der Waals surface area contributed by atoms with Crippen molar-refractivity contribution in [2.45, 2.75) is 31.1 Å². The number of nitrogens with zero attached hydrogens (tertiary/aromatic N) is 1. The number of benzene rings is 1. The van der Waals surface area contributed by atoms with Crippen LogP contribution >= 0.6 is 11.6 Å². The summed E-state index contributed by atoms with van der Waals surface area (Å²) in [6, 6.07) is 2.84. The zero-order chi connectivity index (χ0) is 16.6. The first-order chi connectivity index (χ1) is 10.9. The topological polar surface area (TPSA) is 75.7 Å². The Morgan fingerprint density at radius 3 is 2.78 bits per heavy atom. The zero-order valence-electron chi connectivity index (χ0n) is 12.8. The molecule has 126 valence electrons. The number of nitrogens with one attached hydrogen (secondary N) is 1. The Balaban J connectivity index is 1.96. The van der Waals surface area contributed by atoms with E-state index in [2.05, 4.69) is 5.32 Å². The lowest BCUT2D eigenvalue weighted by Gasteiger charge is -2.24. The van der Waals surface area contributed by atoms with Gasteiger partial charge in [-0.2, -0.15) is 4.31 Å². The highest BCUT2D eigenvalue weighted by molar-refractivity contribution is 7.89. The van der Waals surface area contributed by atoms with Crippen molar-refractivity contribution in [3.63, 3.8) is 0 Å². The molecule has 1 aliphatic heterocycles. The molecule has 1 aromatic carbocycles. The summed E-state index contributed by atoms with van der Waals surface area (Å²) in [5, 5.41) is 2.71. The summed E-state index contributed by atoms with van der Waals surface area (Å²) in [5.41, 5.74) is 0.398. The highest BCUT2D eigenvalue weighted by Gasteiger charge is 2.33. The molecule has 0 unspecified atom stereocenters. The Morgan fingerprint density at radius 1 is 1.39 bits per heavy atom. The number of amides is 1. The quantitative estimate of drug-likeness (QED) is 0.847. The van der Waals surface area contributed by atoms with Crippen molar-refractivity contribution in [3.05, 3.63) is 17.2 Å². The van der Waals surface area contributed by atoms with E-state index in [1.54, 1.807) is 0 Å². The van der Waals surface area contributed by atoms with E-state index in [-0.39, 0.29) is 22.4 Å². The van der Waals surface area contributed by atoms with Gasteiger partial charge in [0, 0.05) is 19.2 Å². The van der Waals surface area contributed by atoms with Crippen LogP contribution in [0.3, 0.4) is 0 Å². The molecule has 23 heavy (non-hydrogen) atoms. The van der Waals surface area contributed by atoms with Crippen LogP contribution < -0.4 is 10.1 Å². The summed E-state index contributed by atoms with van der Waals surface area (Å²) in [5.74, 6) is 0.490. The minimum Gasteiger partial charge on any atom is -0.482 e. The molecule has 1 amide bonds. The SMILES string of the molecule is CCCN(CC1CC1)S(=O)(=O)c1cc2c(cc1Cl)NC(=O)CO2. The molecule has 1 heterocycles. The molecule has 0 aromatic heterocycles. The highest BCUT2D eigenvalue weighted by Crippen LogP contribution is 2.38. The molecule has 3 rings (SSSR count). The van der Waals surface area contributed by atoms with Crippen LogP contribution in [0.5, 0.6) is 5.75 Å². The normalized spacial score (nSPS) is 17.6. The molecular formula is C15H19ClN2O4S. The largest absolute Gasteiger partial charge is 0.482 e. The summed E-state index contributed by atoms with van der Waals surface area (Å²) < 4.78 is 32.7. The Labute approximate surface area is 140 Å². The number of anilines is 1. The van der Waals surface area contributed by atoms with Gasteiger partial charge in [0.1, 0.15) is 10.6 Å². The fraction of sp³-hybridized carbons (Fsp3) is 0.533. The van der Waals surface area contributed by atoms with Gasteiger partial charge in [0.25, 0.3) is 5.91 Å². The third-order valence-electron chi connectivity index (χ3n) is 3.92. The monoisotopic (exact) mass is 358 g/mol. The van der Waals surface area contributed by atoms with Gasteiger partial charge in [0.2, 0.25) is 10.0 Å². The third kappa shape index (κ3) is 3.46. The summed E-state index contributed by atoms with van der Waals surface area (Å²) in [6.45, 7) is 2.81. The van der Waals surface area contributed by atoms with Crippen LogP contribution in [0.25, 0.3) is 0 Å². The van der Waals surface area contributed by atoms with E-state index in [9.17, 15) is 13.2 Å². The van der Waals surface area contributed by atoms with Crippen molar-refractivity contribution in [3.8, 4) is 5.75 Å². The first-order valence-electron chi connectivity index (χ1n) is 7.68. The fourth-order valence-corrected chi connectivity index (χ4v) is 4.69. The van der Waals surface area contributed by atoms with Crippen molar-refractivity contribution >= 4 is 33.2 Å². The number of halogens is 1. The molecule has 0 atom stereocenters. The highest BCUT2D eigenvalue weighted by atomic mass is 35.5. The lowest BCUT2D eigenvalue weighted by atomic mass is 10.2. The molecule has 1 saturated carbocycles. The Bertz CT molecular complexity index is 731. The van der Waals surface area contributed by atoms with Crippen LogP contribution in [0.15, 0.2) is 17.0 Å². The summed E-state index contributed by atoms with van der Waals surface area (Å²) in [7, 11) is -3.69. The number of hydrogen-bond donors (Lipinski definition) is 1. The molecule has 0 saturated heterocycles. The number of rotatable bonds is 6. The maximum Gasteiger partial charge on any atom is 0.262 e. The van der Waals surface area contributed by atoms with E-state index in [0.29, 0.717) is 30.4 Å². The van der Waals surface area contributed by atoms with Gasteiger partial charge in [0.15, 0.2) is 6.61 Å². The predicted molar refractivity (Wildman–Crippen MR) is 87.4 cm³/mol. The summed E-state index contributed by atoms with van der Waals surface area (Å²) in [4.78, 5) is 11.4. The van der Waals surface area contributed by atoms with Gasteiger partial charge in [-0.05, 0) is 31.2 Å². The molecule has 0 bridgehead atoms. The van der Waals surface area contributed by atoms with Crippen LogP contribution in [-0.2, 0) is 14.8 Å². The van der Waals surface area contributed by atoms with E-state index in [1.165, 1.54) is 16.4 Å². The smallest absolute Gasteiger partial charge is 0.262 e. The molecule has 0 spiro atoms. The number of carbonyl (C=O) groups is 1. The third-order valence-corrected chi connectivity index (χ3v) is 6.25. The predicted octanol–water partition coefficient (Wildman–Crippen LogP) is 2.48. The van der Waals surface area contributed by atoms with Crippen molar-refractivity contribution in [1.82, 2.24) is 4.31 Å². The van der Waals surface area contributed by atoms with E-state index < -0.39 is 10.0 Å². The van der Waals surface area contributed by atoms with Gasteiger partial charge in [-0.15, -0.1) is 0 Å². The summed E-state index contributed by atoms with van der Waals surface area (Å²) >= 11 is 6.18. The van der Waals surface area contributed by atoms with Gasteiger partial charge in [0.05, 0.1) is 10.7 Å². The minimum absolute atomic E-state index is 0.0307. The average molecular weight is 359 g/mol. The van der Waals surface area contributed by atoms with Gasteiger partial charge in [-0.1, -0.05) is 18.5 Å². The minimum atomic E-state index is -3.69. The maximum absolute atomic E-state index is 13.0. The van der Waals surface area contributed by atoms with Crippen molar-refractivity contribution < 1.29 is 17.9 Å². The Hall–Kier alpha value is -1.31. The average Bonchev–Trinajstić information content (AvgIpc) is 3.29. The molecule has 8 heteroatoms. The van der Waals surface area contributed by atoms with Crippen LogP contribution in [0.4, 0.5) is 5.69 Å². The maximum atomic E-state index is 13.0. The number of hydrogen-bond acceptors (Lipinski definition) is 4. The lowest BCUT2D eigenvalue weighted by Crippen LogP contribution is -2.34. The van der Waals surface area contributed by atoms with Gasteiger partial charge in [-0.25, -0.2) is 8.42 Å². The second-order valence-corrected chi connectivity index (χ2v) is 8.24. The fourth-order valence-electron chi connectivity index (χ4n) is 2.57. The number of carbonyl (C=O) groups excluding carboxylic acids is 1. The molecule has 6 nitrogen and oxygen atoms in total. The zero-order valence-corrected chi connectivity index (χ0v) is 14.4. The van der Waals surface area contributed by atoms with E-state index >= 15 is 0 Å². The molecule has 1 fully saturated rings. The van der Waals surface area contributed by atoms with Crippen molar-refractivity contribution in [1.29, 1.82) is 0 Å². The number of sulfonamides is 1. The molecule has 1 N–H and O–H groups in total. The standard InChI is InChI=1S/C15H19ClN2O4S/c1-2-5-18(8-10-3-4-10)23(20,21)14-7-13-12(6-11(14)16)17-15(19)9-22-13/h6-7,10H,2-5,8-9H2,1H3,(H,17,19). The second-order valence-electron chi connectivity index (χ2n) is 5.92. The Kier molecular flexibility index (Phi) is 4.53. The van der Waals surface area contributed by atoms with Crippen LogP contribution in [0.1, 0.15) is 26.2 Å². The second kappa shape index (κ2) is 6.30. The van der Waals surface area contributed by atoms with E-state index in [0.717, 1.165) is 19.3 Å². The lowest BCUT2D eigenvalue weighted by molar-refractivity contribution is -0.118. The molecular weight excluding hydrogens is 340 g/mol. The van der Waals surface area contributed by atoms with Gasteiger partial charge in [-0.3, -0.25) is 4.79 Å². The van der Waals surface area contributed by atoms with Crippen LogP contribution in [0.2, 0.25) is 5.02 Å². The van der Waals surface area contributed by atoms with Crippen LogP contribution in [-0.4, -0.2) is 38.3 Å². The molecule has 0 radical (unpaired) electrons. The molecule has 1 aromatic rings. The molecule has 1 aliphatic carbocycles. The number of fused-ring (bicyclic) bond motifs is 1. The van der Waals surface area contributed by atoms with Crippen LogP contribution in [0, 0.1) is 5.92 Å². The first kappa shape index (κ1) is 16.5. The Morgan fingerprint density at radius 2 is 2.13 bits per heavy atom. The summed E-state index contributed by atoms with van der Waals surface area (Å²) in [6.07, 6.45) is 2.88. The molecule has 2 aliphatic rings. The van der Waals surface area contributed by atoms with E-state index in [4.69, 9.17) is 16.3 Å². The van der Waals surface area contributed by atoms with Gasteiger partial charge >= 0.3 is 0 Å². The van der Waals surface area contributed by atoms with Crippen molar-refractivity contribution in [2.75, 3.05) is 25.0 Å². The number of ether oxygens (including phenoxy) is 1. The first-order valence-corrected chi connectivity index (χ1v) is 9.50. The van der Waals surface area contributed by atoms with Gasteiger partial charge < -0.3 is 10.1 Å². The van der Waals surface area contributed by atoms with E-state index in [1.807, 2.05) is 6.92 Å².